The zero-order valence-electron chi connectivity index (χ0n) is 7.52. The molecule has 1 aromatic rings. The van der Waals surface area contributed by atoms with Crippen LogP contribution in [0.3, 0.4) is 0 Å². The van der Waals surface area contributed by atoms with Crippen LogP contribution in [-0.4, -0.2) is 18.1 Å². The van der Waals surface area contributed by atoms with Gasteiger partial charge in [0.25, 0.3) is 0 Å². The lowest BCUT2D eigenvalue weighted by molar-refractivity contribution is -0.139. The van der Waals surface area contributed by atoms with Crippen LogP contribution in [0, 0.1) is 11.3 Å². The van der Waals surface area contributed by atoms with E-state index in [0.29, 0.717) is 10.5 Å². The highest BCUT2D eigenvalue weighted by molar-refractivity contribution is 7.80. The molecule has 0 aliphatic rings. The van der Waals surface area contributed by atoms with Crippen molar-refractivity contribution in [2.75, 3.05) is 7.11 Å². The first-order chi connectivity index (χ1) is 6.69. The molecule has 0 N–H and O–H groups in total. The van der Waals surface area contributed by atoms with Gasteiger partial charge >= 0.3 is 5.97 Å². The summed E-state index contributed by atoms with van der Waals surface area (Å²) >= 11 is 4.11. The van der Waals surface area contributed by atoms with Gasteiger partial charge in [0.15, 0.2) is 5.69 Å². The Labute approximate surface area is 86.9 Å². The number of ether oxygens (including phenoxy) is 1. The molecule has 14 heavy (non-hydrogen) atoms. The minimum atomic E-state index is -0.365. The van der Waals surface area contributed by atoms with E-state index in [-0.39, 0.29) is 18.1 Å². The first-order valence-electron chi connectivity index (χ1n) is 3.82. The van der Waals surface area contributed by atoms with Gasteiger partial charge in [-0.2, -0.15) is 5.26 Å². The molecule has 0 fully saturated rings. The second-order valence-electron chi connectivity index (χ2n) is 2.53. The van der Waals surface area contributed by atoms with E-state index in [4.69, 9.17) is 5.26 Å². The minimum absolute atomic E-state index is 0.104. The molecule has 4 nitrogen and oxygen atoms in total. The zero-order chi connectivity index (χ0) is 10.6. The van der Waals surface area contributed by atoms with Gasteiger partial charge in [0.2, 0.25) is 0 Å². The number of rotatable bonds is 2. The highest BCUT2D eigenvalue weighted by Crippen LogP contribution is 2.16. The molecule has 0 unspecified atom stereocenters. The van der Waals surface area contributed by atoms with Crippen molar-refractivity contribution in [3.05, 3.63) is 23.5 Å². The average molecular weight is 208 g/mol. The maximum absolute atomic E-state index is 11.0. The summed E-state index contributed by atoms with van der Waals surface area (Å²) in [5.74, 6) is -0.365. The third-order valence-electron chi connectivity index (χ3n) is 1.68. The van der Waals surface area contributed by atoms with Gasteiger partial charge in [0, 0.05) is 11.1 Å². The Hall–Kier alpha value is -1.54. The van der Waals surface area contributed by atoms with E-state index < -0.39 is 0 Å². The summed E-state index contributed by atoms with van der Waals surface area (Å²) < 4.78 is 4.51. The van der Waals surface area contributed by atoms with Crippen LogP contribution in [0.25, 0.3) is 0 Å². The molecule has 0 spiro atoms. The monoisotopic (exact) mass is 208 g/mol. The molecular formula is C9H8N2O2S. The van der Waals surface area contributed by atoms with Crippen LogP contribution in [0.1, 0.15) is 11.3 Å². The number of hydrogen-bond donors (Lipinski definition) is 1. The standard InChI is InChI=1S/C9H8N2O2S/c1-13-8(12)4-6-2-3-11-7(5-10)9(6)14/h2-3,14H,4H2,1H3. The van der Waals surface area contributed by atoms with Gasteiger partial charge < -0.3 is 4.74 Å². The molecular weight excluding hydrogens is 200 g/mol. The number of nitrogens with zero attached hydrogens (tertiary/aromatic N) is 2. The lowest BCUT2D eigenvalue weighted by atomic mass is 10.1. The molecule has 0 bridgehead atoms. The molecule has 0 aliphatic carbocycles. The number of carbonyl (C=O) groups is 1. The Balaban J connectivity index is 2.99. The zero-order valence-corrected chi connectivity index (χ0v) is 8.41. The number of carbonyl (C=O) groups excluding carboxylic acids is 1. The molecule has 5 heteroatoms. The van der Waals surface area contributed by atoms with Crippen molar-refractivity contribution in [2.24, 2.45) is 0 Å². The van der Waals surface area contributed by atoms with Crippen molar-refractivity contribution in [2.45, 2.75) is 11.3 Å². The summed E-state index contributed by atoms with van der Waals surface area (Å²) in [6.45, 7) is 0. The third-order valence-corrected chi connectivity index (χ3v) is 2.18. The van der Waals surface area contributed by atoms with Crippen LogP contribution in [-0.2, 0) is 16.0 Å². The maximum atomic E-state index is 11.0. The lowest BCUT2D eigenvalue weighted by Crippen LogP contribution is -2.06. The lowest BCUT2D eigenvalue weighted by Gasteiger charge is -2.03. The summed E-state index contributed by atoms with van der Waals surface area (Å²) in [6.07, 6.45) is 1.57. The molecule has 1 heterocycles. The third kappa shape index (κ3) is 2.24. The minimum Gasteiger partial charge on any atom is -0.469 e. The number of nitriles is 1. The molecule has 1 aromatic heterocycles. The quantitative estimate of drug-likeness (QED) is 0.580. The average Bonchev–Trinajstić information content (AvgIpc) is 2.21. The summed E-state index contributed by atoms with van der Waals surface area (Å²) in [5.41, 5.74) is 0.862. The molecule has 1 rings (SSSR count). The number of methoxy groups -OCH3 is 1. The van der Waals surface area contributed by atoms with E-state index >= 15 is 0 Å². The van der Waals surface area contributed by atoms with E-state index in [0.717, 1.165) is 0 Å². The molecule has 0 aromatic carbocycles. The number of esters is 1. The van der Waals surface area contributed by atoms with E-state index in [9.17, 15) is 4.79 Å². The Morgan fingerprint density at radius 1 is 1.79 bits per heavy atom. The van der Waals surface area contributed by atoms with Crippen molar-refractivity contribution >= 4 is 18.6 Å². The number of aromatic nitrogens is 1. The van der Waals surface area contributed by atoms with Crippen molar-refractivity contribution in [3.63, 3.8) is 0 Å². The number of pyridine rings is 1. The SMILES string of the molecule is COC(=O)Cc1ccnc(C#N)c1S. The van der Waals surface area contributed by atoms with Crippen molar-refractivity contribution in [1.29, 1.82) is 5.26 Å². The summed E-state index contributed by atoms with van der Waals surface area (Å²) in [4.78, 5) is 15.2. The molecule has 0 radical (unpaired) electrons. The Morgan fingerprint density at radius 2 is 2.50 bits per heavy atom. The van der Waals surface area contributed by atoms with Crippen molar-refractivity contribution in [3.8, 4) is 6.07 Å². The van der Waals surface area contributed by atoms with Crippen LogP contribution in [0.5, 0.6) is 0 Å². The predicted octanol–water partition coefficient (Wildman–Crippen LogP) is 0.957. The second-order valence-corrected chi connectivity index (χ2v) is 2.98. The van der Waals surface area contributed by atoms with Gasteiger partial charge in [-0.3, -0.25) is 4.79 Å². The number of thiol groups is 1. The van der Waals surface area contributed by atoms with Gasteiger partial charge in [0.05, 0.1) is 13.5 Å². The van der Waals surface area contributed by atoms with Gasteiger partial charge in [-0.15, -0.1) is 12.6 Å². The fourth-order valence-corrected chi connectivity index (χ4v) is 1.21. The van der Waals surface area contributed by atoms with E-state index in [2.05, 4.69) is 22.3 Å². The first-order valence-corrected chi connectivity index (χ1v) is 4.27. The van der Waals surface area contributed by atoms with Crippen LogP contribution >= 0.6 is 12.6 Å². The van der Waals surface area contributed by atoms with Crippen LogP contribution in [0.2, 0.25) is 0 Å². The maximum Gasteiger partial charge on any atom is 0.310 e. The van der Waals surface area contributed by atoms with Gasteiger partial charge in [-0.25, -0.2) is 4.98 Å². The van der Waals surface area contributed by atoms with Gasteiger partial charge in [0.1, 0.15) is 6.07 Å². The summed E-state index contributed by atoms with van der Waals surface area (Å²) in [6, 6.07) is 3.53. The number of hydrogen-bond acceptors (Lipinski definition) is 5. The first kappa shape index (κ1) is 10.5. The largest absolute Gasteiger partial charge is 0.469 e. The van der Waals surface area contributed by atoms with Crippen molar-refractivity contribution in [1.82, 2.24) is 4.98 Å². The van der Waals surface area contributed by atoms with E-state index in [1.165, 1.54) is 13.3 Å². The molecule has 0 atom stereocenters. The molecule has 0 saturated heterocycles. The Morgan fingerprint density at radius 3 is 3.07 bits per heavy atom. The summed E-state index contributed by atoms with van der Waals surface area (Å²) in [5, 5.41) is 8.66. The molecule has 0 saturated carbocycles. The van der Waals surface area contributed by atoms with Crippen LogP contribution in [0.4, 0.5) is 0 Å². The summed E-state index contributed by atoms with van der Waals surface area (Å²) in [7, 11) is 1.31. The molecule has 0 aliphatic heterocycles. The van der Waals surface area contributed by atoms with Crippen molar-refractivity contribution < 1.29 is 9.53 Å². The van der Waals surface area contributed by atoms with Gasteiger partial charge in [-0.1, -0.05) is 0 Å². The highest BCUT2D eigenvalue weighted by atomic mass is 32.1. The fourth-order valence-electron chi connectivity index (χ4n) is 0.946. The highest BCUT2D eigenvalue weighted by Gasteiger charge is 2.09. The fraction of sp³-hybridized carbons (Fsp3) is 0.222. The van der Waals surface area contributed by atoms with Crippen LogP contribution in [0.15, 0.2) is 17.2 Å². The molecule has 72 valence electrons. The predicted molar refractivity (Wildman–Crippen MR) is 51.9 cm³/mol. The van der Waals surface area contributed by atoms with Crippen LogP contribution < -0.4 is 0 Å². The Bertz CT molecular complexity index is 398. The Kier molecular flexibility index (Phi) is 3.48. The molecule has 0 amide bonds. The smallest absolute Gasteiger partial charge is 0.310 e. The topological polar surface area (TPSA) is 63.0 Å². The van der Waals surface area contributed by atoms with Gasteiger partial charge in [-0.05, 0) is 11.6 Å². The normalized spacial score (nSPS) is 9.21. The van der Waals surface area contributed by atoms with E-state index in [1.54, 1.807) is 6.07 Å². The van der Waals surface area contributed by atoms with E-state index in [1.807, 2.05) is 6.07 Å². The second kappa shape index (κ2) is 4.63.